The first-order valence-corrected chi connectivity index (χ1v) is 6.99. The van der Waals surface area contributed by atoms with Gasteiger partial charge in [0.2, 0.25) is 0 Å². The highest BCUT2D eigenvalue weighted by Gasteiger charge is 2.29. The van der Waals surface area contributed by atoms with E-state index < -0.39 is 12.0 Å². The van der Waals surface area contributed by atoms with Crippen LogP contribution in [0.25, 0.3) is 0 Å². The number of hydrogen-bond acceptors (Lipinski definition) is 2. The zero-order valence-corrected chi connectivity index (χ0v) is 11.8. The van der Waals surface area contributed by atoms with Gasteiger partial charge in [0.25, 0.3) is 0 Å². The van der Waals surface area contributed by atoms with Gasteiger partial charge in [-0.15, -0.1) is 0 Å². The summed E-state index contributed by atoms with van der Waals surface area (Å²) < 4.78 is 1.03. The third kappa shape index (κ3) is 2.98. The first-order valence-electron chi connectivity index (χ1n) is 5.91. The van der Waals surface area contributed by atoms with Gasteiger partial charge in [-0.1, -0.05) is 24.6 Å². The monoisotopic (exact) mass is 345 g/mol. The number of carboxylic acids is 1. The van der Waals surface area contributed by atoms with Crippen LogP contribution in [0.15, 0.2) is 24.3 Å². The number of hydrogen-bond donors (Lipinski definition) is 1. The minimum Gasteiger partial charge on any atom is -0.480 e. The van der Waals surface area contributed by atoms with Crippen LogP contribution in [0.1, 0.15) is 30.9 Å². The van der Waals surface area contributed by atoms with E-state index in [0.29, 0.717) is 0 Å². The lowest BCUT2D eigenvalue weighted by Gasteiger charge is -2.32. The summed E-state index contributed by atoms with van der Waals surface area (Å²) in [6.07, 6.45) is 3.43. The number of carboxylic acid groups (broad SMARTS) is 1. The Morgan fingerprint density at radius 3 is 2.47 bits per heavy atom. The maximum atomic E-state index is 11.5. The molecule has 1 fully saturated rings. The Hall–Kier alpha value is -0.620. The van der Waals surface area contributed by atoms with Crippen LogP contribution < -0.4 is 0 Å². The maximum absolute atomic E-state index is 11.5. The molecule has 0 spiro atoms. The Balaban J connectivity index is 2.28. The predicted molar refractivity (Wildman–Crippen MR) is 75.0 cm³/mol. The van der Waals surface area contributed by atoms with Crippen LogP contribution in [-0.2, 0) is 4.79 Å². The van der Waals surface area contributed by atoms with E-state index in [2.05, 4.69) is 27.5 Å². The number of aliphatic carboxylic acids is 1. The third-order valence-electron chi connectivity index (χ3n) is 3.19. The fourth-order valence-corrected chi connectivity index (χ4v) is 3.04. The zero-order valence-electron chi connectivity index (χ0n) is 9.60. The fraction of sp³-hybridized carbons (Fsp3) is 0.462. The number of likely N-dealkylation sites (tertiary alicyclic amines) is 1. The second kappa shape index (κ2) is 5.82. The van der Waals surface area contributed by atoms with Crippen LogP contribution in [-0.4, -0.2) is 29.1 Å². The summed E-state index contributed by atoms with van der Waals surface area (Å²) in [5, 5.41) is 9.46. The molecule has 0 saturated carbocycles. The van der Waals surface area contributed by atoms with Gasteiger partial charge in [-0.2, -0.15) is 0 Å². The van der Waals surface area contributed by atoms with Crippen molar-refractivity contribution in [3.8, 4) is 0 Å². The van der Waals surface area contributed by atoms with E-state index in [-0.39, 0.29) is 0 Å². The van der Waals surface area contributed by atoms with Gasteiger partial charge in [0.05, 0.1) is 0 Å². The van der Waals surface area contributed by atoms with Crippen molar-refractivity contribution >= 4 is 28.6 Å². The summed E-state index contributed by atoms with van der Waals surface area (Å²) in [4.78, 5) is 13.6. The predicted octanol–water partition coefficient (Wildman–Crippen LogP) is 2.90. The van der Waals surface area contributed by atoms with Crippen molar-refractivity contribution in [2.45, 2.75) is 25.3 Å². The second-order valence-electron chi connectivity index (χ2n) is 4.36. The van der Waals surface area contributed by atoms with Crippen molar-refractivity contribution in [3.05, 3.63) is 33.4 Å². The number of carbonyl (C=O) groups is 1. The van der Waals surface area contributed by atoms with E-state index in [9.17, 15) is 9.90 Å². The molecule has 1 aliphatic heterocycles. The van der Waals surface area contributed by atoms with Crippen molar-refractivity contribution in [1.82, 2.24) is 4.90 Å². The molecular formula is C13H16INO2. The van der Waals surface area contributed by atoms with E-state index in [1.807, 2.05) is 24.3 Å². The highest BCUT2D eigenvalue weighted by molar-refractivity contribution is 14.1. The molecule has 0 radical (unpaired) electrons. The molecule has 3 nitrogen and oxygen atoms in total. The van der Waals surface area contributed by atoms with Gasteiger partial charge in [-0.05, 0) is 60.2 Å². The summed E-state index contributed by atoms with van der Waals surface area (Å²) in [6, 6.07) is 7.27. The molecular weight excluding hydrogens is 329 g/mol. The molecule has 0 aliphatic carbocycles. The molecule has 1 aromatic carbocycles. The largest absolute Gasteiger partial charge is 0.480 e. The molecule has 0 aromatic heterocycles. The molecule has 17 heavy (non-hydrogen) atoms. The van der Waals surface area contributed by atoms with Crippen LogP contribution in [0.2, 0.25) is 0 Å². The van der Waals surface area contributed by atoms with Crippen molar-refractivity contribution < 1.29 is 9.90 Å². The van der Waals surface area contributed by atoms with E-state index in [1.54, 1.807) is 0 Å². The first kappa shape index (κ1) is 12.8. The molecule has 2 rings (SSSR count). The van der Waals surface area contributed by atoms with E-state index in [4.69, 9.17) is 0 Å². The Morgan fingerprint density at radius 2 is 1.88 bits per heavy atom. The number of nitrogens with zero attached hydrogens (tertiary/aromatic N) is 1. The zero-order chi connectivity index (χ0) is 12.3. The minimum atomic E-state index is -0.740. The highest BCUT2D eigenvalue weighted by atomic mass is 127. The maximum Gasteiger partial charge on any atom is 0.325 e. The Morgan fingerprint density at radius 1 is 1.24 bits per heavy atom. The molecule has 0 bridgehead atoms. The molecule has 4 heteroatoms. The quantitative estimate of drug-likeness (QED) is 0.857. The lowest BCUT2D eigenvalue weighted by molar-refractivity contribution is -0.144. The van der Waals surface area contributed by atoms with Crippen molar-refractivity contribution in [2.24, 2.45) is 0 Å². The summed E-state index contributed by atoms with van der Waals surface area (Å²) in [7, 11) is 0. The Labute approximate surface area is 115 Å². The topological polar surface area (TPSA) is 40.5 Å². The molecule has 1 aromatic rings. The number of piperidine rings is 1. The van der Waals surface area contributed by atoms with Gasteiger partial charge >= 0.3 is 5.97 Å². The molecule has 1 N–H and O–H groups in total. The van der Waals surface area contributed by atoms with Gasteiger partial charge in [-0.25, -0.2) is 0 Å². The molecule has 92 valence electrons. The Kier molecular flexibility index (Phi) is 4.39. The summed E-state index contributed by atoms with van der Waals surface area (Å²) >= 11 is 2.22. The van der Waals surface area contributed by atoms with E-state index in [1.165, 1.54) is 6.42 Å². The summed E-state index contributed by atoms with van der Waals surface area (Å²) in [5.41, 5.74) is 0.919. The normalized spacial score (nSPS) is 18.9. The van der Waals surface area contributed by atoms with Crippen LogP contribution in [0.4, 0.5) is 0 Å². The molecule has 1 aliphatic rings. The second-order valence-corrected chi connectivity index (χ2v) is 5.52. The highest BCUT2D eigenvalue weighted by Crippen LogP contribution is 2.28. The van der Waals surface area contributed by atoms with Crippen molar-refractivity contribution in [3.63, 3.8) is 0 Å². The average Bonchev–Trinajstić information content (AvgIpc) is 2.33. The molecule has 1 saturated heterocycles. The number of benzene rings is 1. The standard InChI is InChI=1S/C13H16INO2/c14-11-7-3-2-6-10(11)12(13(16)17)15-8-4-1-5-9-15/h2-3,6-7,12H,1,4-5,8-9H2,(H,16,17). The molecule has 1 unspecified atom stereocenters. The first-order chi connectivity index (χ1) is 8.20. The smallest absolute Gasteiger partial charge is 0.325 e. The summed E-state index contributed by atoms with van der Waals surface area (Å²) in [6.45, 7) is 1.78. The van der Waals surface area contributed by atoms with Crippen LogP contribution in [0, 0.1) is 3.57 Å². The minimum absolute atomic E-state index is 0.483. The van der Waals surface area contributed by atoms with Gasteiger partial charge in [-0.3, -0.25) is 9.69 Å². The Bertz CT molecular complexity index is 402. The third-order valence-corrected chi connectivity index (χ3v) is 4.17. The number of rotatable bonds is 3. The SMILES string of the molecule is O=C(O)C(c1ccccc1I)N1CCCCC1. The fourth-order valence-electron chi connectivity index (χ4n) is 2.36. The van der Waals surface area contributed by atoms with Crippen LogP contribution in [0.3, 0.4) is 0 Å². The van der Waals surface area contributed by atoms with Crippen LogP contribution >= 0.6 is 22.6 Å². The summed E-state index contributed by atoms with van der Waals surface area (Å²) in [5.74, 6) is -0.740. The van der Waals surface area contributed by atoms with Gasteiger partial charge in [0, 0.05) is 3.57 Å². The lowest BCUT2D eigenvalue weighted by Crippen LogP contribution is -2.38. The van der Waals surface area contributed by atoms with E-state index >= 15 is 0 Å². The van der Waals surface area contributed by atoms with Gasteiger partial charge in [0.1, 0.15) is 6.04 Å². The van der Waals surface area contributed by atoms with Crippen LogP contribution in [0.5, 0.6) is 0 Å². The van der Waals surface area contributed by atoms with Crippen molar-refractivity contribution in [2.75, 3.05) is 13.1 Å². The molecule has 1 atom stereocenters. The lowest BCUT2D eigenvalue weighted by atomic mass is 10.0. The molecule has 1 heterocycles. The van der Waals surface area contributed by atoms with Gasteiger partial charge < -0.3 is 5.11 Å². The van der Waals surface area contributed by atoms with E-state index in [0.717, 1.165) is 35.1 Å². The van der Waals surface area contributed by atoms with Crippen molar-refractivity contribution in [1.29, 1.82) is 0 Å². The average molecular weight is 345 g/mol. The number of halogens is 1. The molecule has 0 amide bonds. The van der Waals surface area contributed by atoms with Gasteiger partial charge in [0.15, 0.2) is 0 Å².